The summed E-state index contributed by atoms with van der Waals surface area (Å²) in [6.07, 6.45) is 3.33. The molecule has 6 heteroatoms. The van der Waals surface area contributed by atoms with Gasteiger partial charge in [0.1, 0.15) is 5.60 Å². The lowest BCUT2D eigenvalue weighted by atomic mass is 10.2. The van der Waals surface area contributed by atoms with Crippen LogP contribution in [0.15, 0.2) is 11.5 Å². The molecule has 1 rings (SSSR count). The van der Waals surface area contributed by atoms with Crippen molar-refractivity contribution in [3.8, 4) is 0 Å². The fraction of sp³-hybridized carbons (Fsp3) is 0.500. The van der Waals surface area contributed by atoms with Crippen molar-refractivity contribution in [2.75, 3.05) is 19.3 Å². The van der Waals surface area contributed by atoms with E-state index in [1.807, 2.05) is 38.3 Å². The lowest BCUT2D eigenvalue weighted by Gasteiger charge is -2.23. The molecular weight excluding hydrogens is 250 g/mol. The number of hydrogen-bond donors (Lipinski definition) is 1. The first-order valence-corrected chi connectivity index (χ1v) is 6.47. The van der Waals surface area contributed by atoms with Crippen LogP contribution in [-0.2, 0) is 4.74 Å². The van der Waals surface area contributed by atoms with Crippen LogP contribution in [0.4, 0.5) is 9.93 Å². The van der Waals surface area contributed by atoms with Crippen molar-refractivity contribution in [1.29, 1.82) is 0 Å². The van der Waals surface area contributed by atoms with Gasteiger partial charge in [-0.2, -0.15) is 0 Å². The Kier molecular flexibility index (Phi) is 4.72. The van der Waals surface area contributed by atoms with E-state index >= 15 is 0 Å². The van der Waals surface area contributed by atoms with Crippen LogP contribution in [0.5, 0.6) is 0 Å². The largest absolute Gasteiger partial charge is 0.444 e. The number of ether oxygens (including phenoxy) is 1. The van der Waals surface area contributed by atoms with Gasteiger partial charge >= 0.3 is 6.09 Å². The zero-order valence-corrected chi connectivity index (χ0v) is 12.0. The molecule has 0 spiro atoms. The van der Waals surface area contributed by atoms with Crippen molar-refractivity contribution < 1.29 is 9.53 Å². The van der Waals surface area contributed by atoms with Crippen LogP contribution in [0.2, 0.25) is 0 Å². The Morgan fingerprint density at radius 2 is 2.28 bits per heavy atom. The zero-order chi connectivity index (χ0) is 13.8. The molecule has 1 heterocycles. The zero-order valence-electron chi connectivity index (χ0n) is 11.1. The third-order valence-electron chi connectivity index (χ3n) is 1.91. The number of nitrogens with two attached hydrogens (primary N) is 1. The summed E-state index contributed by atoms with van der Waals surface area (Å²) in [6.45, 7) is 5.98. The Hall–Kier alpha value is -1.56. The topological polar surface area (TPSA) is 68.5 Å². The van der Waals surface area contributed by atoms with Gasteiger partial charge < -0.3 is 15.4 Å². The molecule has 0 bridgehead atoms. The maximum Gasteiger partial charge on any atom is 0.410 e. The molecule has 0 aromatic carbocycles. The standard InChI is InChI=1S/C12H19N3O2S/c1-12(2,3)17-11(16)15(4)7-5-6-9-8-18-10(13)14-9/h5-6,8H,7H2,1-4H3,(H2,13,14). The molecule has 0 unspecified atom stereocenters. The average Bonchev–Trinajstić information content (AvgIpc) is 2.61. The number of hydrogen-bond acceptors (Lipinski definition) is 5. The summed E-state index contributed by atoms with van der Waals surface area (Å²) in [7, 11) is 1.69. The van der Waals surface area contributed by atoms with Gasteiger partial charge in [-0.3, -0.25) is 0 Å². The summed E-state index contributed by atoms with van der Waals surface area (Å²) in [4.78, 5) is 17.2. The molecular formula is C12H19N3O2S. The number of carbonyl (C=O) groups excluding carboxylic acids is 1. The van der Waals surface area contributed by atoms with Gasteiger partial charge in [-0.1, -0.05) is 6.08 Å². The van der Waals surface area contributed by atoms with Gasteiger partial charge in [-0.15, -0.1) is 11.3 Å². The minimum absolute atomic E-state index is 0.343. The van der Waals surface area contributed by atoms with Gasteiger partial charge in [0.05, 0.1) is 5.69 Å². The maximum atomic E-state index is 11.6. The van der Waals surface area contributed by atoms with Crippen molar-refractivity contribution in [1.82, 2.24) is 9.88 Å². The van der Waals surface area contributed by atoms with Gasteiger partial charge in [0.2, 0.25) is 0 Å². The molecule has 0 aliphatic rings. The van der Waals surface area contributed by atoms with E-state index in [0.29, 0.717) is 11.7 Å². The van der Waals surface area contributed by atoms with E-state index < -0.39 is 5.60 Å². The van der Waals surface area contributed by atoms with E-state index in [1.54, 1.807) is 7.05 Å². The van der Waals surface area contributed by atoms with Gasteiger partial charge in [-0.25, -0.2) is 9.78 Å². The minimum atomic E-state index is -0.474. The summed E-state index contributed by atoms with van der Waals surface area (Å²) in [5.74, 6) is 0. The number of aromatic nitrogens is 1. The van der Waals surface area contributed by atoms with E-state index in [1.165, 1.54) is 16.2 Å². The highest BCUT2D eigenvalue weighted by Gasteiger charge is 2.18. The molecule has 18 heavy (non-hydrogen) atoms. The Bertz CT molecular complexity index is 435. The van der Waals surface area contributed by atoms with E-state index in [9.17, 15) is 4.79 Å². The SMILES string of the molecule is CN(CC=Cc1csc(N)n1)C(=O)OC(C)(C)C. The molecule has 1 aromatic heterocycles. The molecule has 2 N–H and O–H groups in total. The van der Waals surface area contributed by atoms with Crippen molar-refractivity contribution in [2.24, 2.45) is 0 Å². The molecule has 0 radical (unpaired) electrons. The molecule has 0 aliphatic carbocycles. The Labute approximate surface area is 111 Å². The average molecular weight is 269 g/mol. The van der Waals surface area contributed by atoms with Crippen molar-refractivity contribution >= 4 is 28.6 Å². The van der Waals surface area contributed by atoms with Crippen molar-refractivity contribution in [2.45, 2.75) is 26.4 Å². The molecule has 1 amide bonds. The Morgan fingerprint density at radius 1 is 1.61 bits per heavy atom. The summed E-state index contributed by atoms with van der Waals surface area (Å²) in [5, 5.41) is 2.40. The van der Waals surface area contributed by atoms with Crippen LogP contribution < -0.4 is 5.73 Å². The minimum Gasteiger partial charge on any atom is -0.444 e. The van der Waals surface area contributed by atoms with Crippen LogP contribution in [0.25, 0.3) is 6.08 Å². The van der Waals surface area contributed by atoms with Gasteiger partial charge in [0, 0.05) is 19.0 Å². The normalized spacial score (nSPS) is 11.8. The predicted molar refractivity (Wildman–Crippen MR) is 74.4 cm³/mol. The molecule has 0 saturated heterocycles. The highest BCUT2D eigenvalue weighted by atomic mass is 32.1. The predicted octanol–water partition coefficient (Wildman–Crippen LogP) is 2.61. The van der Waals surface area contributed by atoms with E-state index in [0.717, 1.165) is 5.69 Å². The Balaban J connectivity index is 2.43. The summed E-state index contributed by atoms with van der Waals surface area (Å²) in [5.41, 5.74) is 5.84. The lowest BCUT2D eigenvalue weighted by Crippen LogP contribution is -2.34. The molecule has 1 aromatic rings. The quantitative estimate of drug-likeness (QED) is 0.915. The number of rotatable bonds is 3. The third kappa shape index (κ3) is 5.18. The second-order valence-electron chi connectivity index (χ2n) is 4.87. The molecule has 100 valence electrons. The lowest BCUT2D eigenvalue weighted by molar-refractivity contribution is 0.0318. The fourth-order valence-electron chi connectivity index (χ4n) is 1.12. The first-order valence-electron chi connectivity index (χ1n) is 5.59. The smallest absolute Gasteiger partial charge is 0.410 e. The molecule has 5 nitrogen and oxygen atoms in total. The monoisotopic (exact) mass is 269 g/mol. The summed E-state index contributed by atoms with van der Waals surface area (Å²) < 4.78 is 5.23. The van der Waals surface area contributed by atoms with Crippen LogP contribution in [0.3, 0.4) is 0 Å². The van der Waals surface area contributed by atoms with E-state index in [4.69, 9.17) is 10.5 Å². The first kappa shape index (κ1) is 14.5. The second kappa shape index (κ2) is 5.86. The number of thiazole rings is 1. The van der Waals surface area contributed by atoms with Gasteiger partial charge in [-0.05, 0) is 26.8 Å². The number of nitrogen functional groups attached to an aromatic ring is 1. The molecule has 0 aliphatic heterocycles. The second-order valence-corrected chi connectivity index (χ2v) is 5.76. The van der Waals surface area contributed by atoms with E-state index in [-0.39, 0.29) is 6.09 Å². The van der Waals surface area contributed by atoms with E-state index in [2.05, 4.69) is 4.98 Å². The highest BCUT2D eigenvalue weighted by Crippen LogP contribution is 2.12. The van der Waals surface area contributed by atoms with Crippen LogP contribution in [0, 0.1) is 0 Å². The number of nitrogens with zero attached hydrogens (tertiary/aromatic N) is 2. The number of anilines is 1. The number of amides is 1. The highest BCUT2D eigenvalue weighted by molar-refractivity contribution is 7.13. The molecule has 0 fully saturated rings. The molecule has 0 saturated carbocycles. The van der Waals surface area contributed by atoms with Crippen LogP contribution in [-0.4, -0.2) is 35.2 Å². The van der Waals surface area contributed by atoms with Crippen molar-refractivity contribution in [3.05, 3.63) is 17.2 Å². The van der Waals surface area contributed by atoms with Crippen molar-refractivity contribution in [3.63, 3.8) is 0 Å². The van der Waals surface area contributed by atoms with Gasteiger partial charge in [0.15, 0.2) is 5.13 Å². The number of likely N-dealkylation sites (N-methyl/N-ethyl adjacent to an activating group) is 1. The molecule has 0 atom stereocenters. The Morgan fingerprint density at radius 3 is 2.78 bits per heavy atom. The summed E-state index contributed by atoms with van der Waals surface area (Å²) in [6, 6.07) is 0. The van der Waals surface area contributed by atoms with Gasteiger partial charge in [0.25, 0.3) is 0 Å². The van der Waals surface area contributed by atoms with Crippen LogP contribution >= 0.6 is 11.3 Å². The third-order valence-corrected chi connectivity index (χ3v) is 2.60. The fourth-order valence-corrected chi connectivity index (χ4v) is 1.65. The number of carbonyl (C=O) groups is 1. The summed E-state index contributed by atoms with van der Waals surface area (Å²) >= 11 is 1.39. The van der Waals surface area contributed by atoms with Crippen LogP contribution in [0.1, 0.15) is 26.5 Å². The maximum absolute atomic E-state index is 11.6. The first-order chi connectivity index (χ1) is 8.28.